The second kappa shape index (κ2) is 8.56. The van der Waals surface area contributed by atoms with Gasteiger partial charge in [-0.3, -0.25) is 0 Å². The average molecular weight is 375 g/mol. The predicted octanol–water partition coefficient (Wildman–Crippen LogP) is 3.32. The van der Waals surface area contributed by atoms with E-state index in [1.807, 2.05) is 37.3 Å². The lowest BCUT2D eigenvalue weighted by atomic mass is 9.92. The first kappa shape index (κ1) is 18.7. The summed E-state index contributed by atoms with van der Waals surface area (Å²) >= 11 is 0. The molecule has 0 saturated heterocycles. The number of sulfonamides is 1. The molecular formula is C20H25NO4S. The van der Waals surface area contributed by atoms with Gasteiger partial charge >= 0.3 is 0 Å². The standard InChI is InChI=1S/C20H25NO4S/c1-2-24-18-8-5-9-19(15-18)25-13-12-21-26(22,23)20-11-10-16-6-3-4-7-17(16)14-20/h5,8-11,14-15,21H,2-4,6-7,12-13H2,1H3. The van der Waals surface area contributed by atoms with Crippen molar-refractivity contribution in [1.82, 2.24) is 4.72 Å². The first-order valence-electron chi connectivity index (χ1n) is 9.05. The van der Waals surface area contributed by atoms with Gasteiger partial charge in [0.15, 0.2) is 0 Å². The maximum atomic E-state index is 12.5. The van der Waals surface area contributed by atoms with Crippen LogP contribution in [0.5, 0.6) is 11.5 Å². The van der Waals surface area contributed by atoms with E-state index < -0.39 is 10.0 Å². The Balaban J connectivity index is 1.54. The van der Waals surface area contributed by atoms with Crippen molar-refractivity contribution in [2.24, 2.45) is 0 Å². The van der Waals surface area contributed by atoms with Crippen LogP contribution >= 0.6 is 0 Å². The molecule has 0 fully saturated rings. The Morgan fingerprint density at radius 3 is 2.46 bits per heavy atom. The minimum atomic E-state index is -3.52. The van der Waals surface area contributed by atoms with Gasteiger partial charge in [-0.2, -0.15) is 0 Å². The molecule has 26 heavy (non-hydrogen) atoms. The van der Waals surface area contributed by atoms with E-state index in [1.54, 1.807) is 12.1 Å². The first-order chi connectivity index (χ1) is 12.6. The molecule has 0 spiro atoms. The van der Waals surface area contributed by atoms with Crippen LogP contribution in [0.1, 0.15) is 30.9 Å². The molecule has 0 heterocycles. The van der Waals surface area contributed by atoms with Crippen molar-refractivity contribution in [1.29, 1.82) is 0 Å². The lowest BCUT2D eigenvalue weighted by Crippen LogP contribution is -2.28. The molecule has 1 aliphatic carbocycles. The monoisotopic (exact) mass is 375 g/mol. The Bertz CT molecular complexity index is 849. The molecule has 1 aliphatic rings. The van der Waals surface area contributed by atoms with Gasteiger partial charge in [0.05, 0.1) is 11.5 Å². The van der Waals surface area contributed by atoms with E-state index in [-0.39, 0.29) is 13.2 Å². The van der Waals surface area contributed by atoms with E-state index in [0.29, 0.717) is 17.3 Å². The number of hydrogen-bond donors (Lipinski definition) is 1. The molecule has 2 aromatic carbocycles. The fraction of sp³-hybridized carbons (Fsp3) is 0.400. The molecule has 0 unspecified atom stereocenters. The van der Waals surface area contributed by atoms with Crippen LogP contribution in [0.4, 0.5) is 0 Å². The van der Waals surface area contributed by atoms with Crippen LogP contribution in [-0.2, 0) is 22.9 Å². The number of fused-ring (bicyclic) bond motifs is 1. The lowest BCUT2D eigenvalue weighted by molar-refractivity contribution is 0.313. The molecule has 2 aromatic rings. The average Bonchev–Trinajstić information content (AvgIpc) is 2.65. The van der Waals surface area contributed by atoms with Crippen LogP contribution in [0.15, 0.2) is 47.4 Å². The summed E-state index contributed by atoms with van der Waals surface area (Å²) in [6, 6.07) is 12.8. The highest BCUT2D eigenvalue weighted by atomic mass is 32.2. The third kappa shape index (κ3) is 4.77. The van der Waals surface area contributed by atoms with E-state index in [1.165, 1.54) is 12.0 Å². The second-order valence-electron chi connectivity index (χ2n) is 6.29. The molecule has 3 rings (SSSR count). The van der Waals surface area contributed by atoms with Crippen molar-refractivity contribution in [3.63, 3.8) is 0 Å². The Kier molecular flexibility index (Phi) is 6.16. The normalized spacial score (nSPS) is 13.9. The fourth-order valence-corrected chi connectivity index (χ4v) is 4.19. The SMILES string of the molecule is CCOc1cccc(OCCNS(=O)(=O)c2ccc3c(c2)CCCC3)c1. The molecule has 0 radical (unpaired) electrons. The van der Waals surface area contributed by atoms with Crippen LogP contribution in [0.25, 0.3) is 0 Å². The fourth-order valence-electron chi connectivity index (χ4n) is 3.13. The number of hydrogen-bond acceptors (Lipinski definition) is 4. The van der Waals surface area contributed by atoms with Crippen molar-refractivity contribution in [2.45, 2.75) is 37.5 Å². The molecule has 1 N–H and O–H groups in total. The highest BCUT2D eigenvalue weighted by Crippen LogP contribution is 2.24. The zero-order valence-electron chi connectivity index (χ0n) is 15.0. The van der Waals surface area contributed by atoms with Crippen LogP contribution < -0.4 is 14.2 Å². The first-order valence-corrected chi connectivity index (χ1v) is 10.5. The molecular weight excluding hydrogens is 350 g/mol. The Hall–Kier alpha value is -2.05. The van der Waals surface area contributed by atoms with Crippen LogP contribution in [-0.4, -0.2) is 28.2 Å². The van der Waals surface area contributed by atoms with Crippen molar-refractivity contribution in [2.75, 3.05) is 19.8 Å². The van der Waals surface area contributed by atoms with Gasteiger partial charge in [0.25, 0.3) is 0 Å². The summed E-state index contributed by atoms with van der Waals surface area (Å²) in [5.74, 6) is 1.39. The number of ether oxygens (including phenoxy) is 2. The Labute approximate surface area is 155 Å². The smallest absolute Gasteiger partial charge is 0.240 e. The highest BCUT2D eigenvalue weighted by Gasteiger charge is 2.17. The summed E-state index contributed by atoms with van der Waals surface area (Å²) in [6.45, 7) is 2.96. The van der Waals surface area contributed by atoms with E-state index in [0.717, 1.165) is 30.6 Å². The summed E-state index contributed by atoms with van der Waals surface area (Å²) in [7, 11) is -3.52. The minimum Gasteiger partial charge on any atom is -0.494 e. The summed E-state index contributed by atoms with van der Waals surface area (Å²) in [5.41, 5.74) is 2.43. The largest absolute Gasteiger partial charge is 0.494 e. The van der Waals surface area contributed by atoms with Crippen molar-refractivity contribution >= 4 is 10.0 Å². The molecule has 0 amide bonds. The van der Waals surface area contributed by atoms with Crippen molar-refractivity contribution in [3.05, 3.63) is 53.6 Å². The van der Waals surface area contributed by atoms with Gasteiger partial charge in [-0.25, -0.2) is 13.1 Å². The predicted molar refractivity (Wildman–Crippen MR) is 101 cm³/mol. The summed E-state index contributed by atoms with van der Waals surface area (Å²) in [5, 5.41) is 0. The number of rotatable bonds is 8. The van der Waals surface area contributed by atoms with Crippen molar-refractivity contribution in [3.8, 4) is 11.5 Å². The molecule has 140 valence electrons. The molecule has 0 atom stereocenters. The van der Waals surface area contributed by atoms with Crippen LogP contribution in [0.2, 0.25) is 0 Å². The highest BCUT2D eigenvalue weighted by molar-refractivity contribution is 7.89. The van der Waals surface area contributed by atoms with Gasteiger partial charge < -0.3 is 9.47 Å². The quantitative estimate of drug-likeness (QED) is 0.719. The van der Waals surface area contributed by atoms with Gasteiger partial charge in [-0.05, 0) is 68.0 Å². The maximum absolute atomic E-state index is 12.5. The number of aryl methyl sites for hydroxylation is 2. The van der Waals surface area contributed by atoms with Crippen LogP contribution in [0, 0.1) is 0 Å². The van der Waals surface area contributed by atoms with Crippen LogP contribution in [0.3, 0.4) is 0 Å². The Morgan fingerprint density at radius 1 is 0.962 bits per heavy atom. The van der Waals surface area contributed by atoms with Gasteiger partial charge in [-0.15, -0.1) is 0 Å². The topological polar surface area (TPSA) is 64.6 Å². The van der Waals surface area contributed by atoms with E-state index in [2.05, 4.69) is 4.72 Å². The molecule has 0 aliphatic heterocycles. The zero-order chi connectivity index (χ0) is 18.4. The maximum Gasteiger partial charge on any atom is 0.240 e. The number of benzene rings is 2. The van der Waals surface area contributed by atoms with Crippen molar-refractivity contribution < 1.29 is 17.9 Å². The summed E-state index contributed by atoms with van der Waals surface area (Å²) < 4.78 is 38.6. The van der Waals surface area contributed by atoms with Gasteiger partial charge in [0.1, 0.15) is 18.1 Å². The number of nitrogens with one attached hydrogen (secondary N) is 1. The zero-order valence-corrected chi connectivity index (χ0v) is 15.8. The molecule has 0 bridgehead atoms. The molecule has 6 heteroatoms. The minimum absolute atomic E-state index is 0.207. The van der Waals surface area contributed by atoms with Gasteiger partial charge in [-0.1, -0.05) is 12.1 Å². The summed E-state index contributed by atoms with van der Waals surface area (Å²) in [6.07, 6.45) is 4.30. The second-order valence-corrected chi connectivity index (χ2v) is 8.06. The van der Waals surface area contributed by atoms with Gasteiger partial charge in [0.2, 0.25) is 10.0 Å². The lowest BCUT2D eigenvalue weighted by Gasteiger charge is -2.17. The Morgan fingerprint density at radius 2 is 1.69 bits per heavy atom. The van der Waals surface area contributed by atoms with E-state index >= 15 is 0 Å². The third-order valence-corrected chi connectivity index (χ3v) is 5.87. The molecule has 5 nitrogen and oxygen atoms in total. The van der Waals surface area contributed by atoms with Gasteiger partial charge in [0, 0.05) is 12.6 Å². The summed E-state index contributed by atoms with van der Waals surface area (Å²) in [4.78, 5) is 0.330. The van der Waals surface area contributed by atoms with E-state index in [9.17, 15) is 8.42 Å². The molecule has 0 aromatic heterocycles. The molecule has 0 saturated carbocycles. The van der Waals surface area contributed by atoms with E-state index in [4.69, 9.17) is 9.47 Å². The third-order valence-electron chi connectivity index (χ3n) is 4.41.